The summed E-state index contributed by atoms with van der Waals surface area (Å²) in [5.41, 5.74) is 4.45. The summed E-state index contributed by atoms with van der Waals surface area (Å²) in [4.78, 5) is 12.5. The van der Waals surface area contributed by atoms with Crippen LogP contribution in [0.5, 0.6) is 0 Å². The third-order valence-corrected chi connectivity index (χ3v) is 7.11. The number of anilines is 2. The van der Waals surface area contributed by atoms with Crippen molar-refractivity contribution in [1.29, 1.82) is 0 Å². The molecule has 30 heavy (non-hydrogen) atoms. The molecular formula is C24H24N2O3S. The molecule has 3 aromatic carbocycles. The normalized spacial score (nSPS) is 13.6. The van der Waals surface area contributed by atoms with Crippen LogP contribution in [0.4, 0.5) is 11.4 Å². The fourth-order valence-corrected chi connectivity index (χ4v) is 5.22. The van der Waals surface area contributed by atoms with Crippen LogP contribution in [0, 0.1) is 6.92 Å². The minimum Gasteiger partial charge on any atom is -0.326 e. The van der Waals surface area contributed by atoms with Gasteiger partial charge in [0.1, 0.15) is 0 Å². The molecule has 1 heterocycles. The molecule has 1 amide bonds. The monoisotopic (exact) mass is 420 g/mol. The zero-order valence-corrected chi connectivity index (χ0v) is 17.7. The third kappa shape index (κ3) is 4.24. The summed E-state index contributed by atoms with van der Waals surface area (Å²) in [6.07, 6.45) is 1.95. The second-order valence-electron chi connectivity index (χ2n) is 7.54. The molecule has 0 atom stereocenters. The highest BCUT2D eigenvalue weighted by atomic mass is 32.2. The van der Waals surface area contributed by atoms with E-state index < -0.39 is 10.0 Å². The van der Waals surface area contributed by atoms with Crippen molar-refractivity contribution in [2.75, 3.05) is 16.2 Å². The highest BCUT2D eigenvalue weighted by Crippen LogP contribution is 2.32. The van der Waals surface area contributed by atoms with Gasteiger partial charge in [0, 0.05) is 12.2 Å². The number of aryl methyl sites for hydroxylation is 2. The lowest BCUT2D eigenvalue weighted by Gasteiger charge is -2.30. The van der Waals surface area contributed by atoms with Gasteiger partial charge in [-0.15, -0.1) is 0 Å². The lowest BCUT2D eigenvalue weighted by molar-refractivity contribution is -0.115. The first kappa shape index (κ1) is 20.2. The summed E-state index contributed by atoms with van der Waals surface area (Å²) >= 11 is 0. The van der Waals surface area contributed by atoms with Crippen LogP contribution < -0.4 is 9.62 Å². The molecule has 0 radical (unpaired) electrons. The Hall–Kier alpha value is -3.12. The first-order valence-electron chi connectivity index (χ1n) is 9.99. The molecule has 1 aliphatic heterocycles. The van der Waals surface area contributed by atoms with Crippen molar-refractivity contribution in [2.45, 2.75) is 31.1 Å². The van der Waals surface area contributed by atoms with Crippen LogP contribution in [0.1, 0.15) is 23.1 Å². The highest BCUT2D eigenvalue weighted by molar-refractivity contribution is 7.92. The Bertz CT molecular complexity index is 1150. The summed E-state index contributed by atoms with van der Waals surface area (Å²) in [7, 11) is -3.65. The second kappa shape index (κ2) is 8.32. The molecule has 154 valence electrons. The Labute approximate surface area is 177 Å². The maximum absolute atomic E-state index is 13.2. The van der Waals surface area contributed by atoms with Crippen LogP contribution >= 0.6 is 0 Å². The molecule has 1 N–H and O–H groups in total. The number of amides is 1. The van der Waals surface area contributed by atoms with Gasteiger partial charge in [-0.1, -0.05) is 48.0 Å². The molecule has 5 nitrogen and oxygen atoms in total. The number of nitrogens with zero attached hydrogens (tertiary/aromatic N) is 1. The van der Waals surface area contributed by atoms with E-state index in [1.807, 2.05) is 55.5 Å². The fourth-order valence-electron chi connectivity index (χ4n) is 3.68. The van der Waals surface area contributed by atoms with Crippen LogP contribution in [0.2, 0.25) is 0 Å². The minimum absolute atomic E-state index is 0.139. The number of carbonyl (C=O) groups is 1. The first-order valence-corrected chi connectivity index (χ1v) is 11.4. The lowest BCUT2D eigenvalue weighted by atomic mass is 10.0. The molecule has 0 aromatic heterocycles. The second-order valence-corrected chi connectivity index (χ2v) is 9.41. The molecule has 6 heteroatoms. The number of fused-ring (bicyclic) bond motifs is 1. The van der Waals surface area contributed by atoms with Crippen LogP contribution in [0.25, 0.3) is 0 Å². The van der Waals surface area contributed by atoms with Gasteiger partial charge in [0.15, 0.2) is 0 Å². The Morgan fingerprint density at radius 1 is 0.967 bits per heavy atom. The van der Waals surface area contributed by atoms with E-state index in [-0.39, 0.29) is 17.2 Å². The molecule has 0 spiro atoms. The zero-order chi connectivity index (χ0) is 21.1. The van der Waals surface area contributed by atoms with Crippen molar-refractivity contribution in [3.8, 4) is 0 Å². The Morgan fingerprint density at radius 3 is 2.40 bits per heavy atom. The molecule has 3 aromatic rings. The number of para-hydroxylation sites is 1. The van der Waals surface area contributed by atoms with Gasteiger partial charge in [0.05, 0.1) is 17.0 Å². The molecule has 0 aliphatic carbocycles. The van der Waals surface area contributed by atoms with Gasteiger partial charge < -0.3 is 5.32 Å². The lowest BCUT2D eigenvalue weighted by Crippen LogP contribution is -2.35. The van der Waals surface area contributed by atoms with Gasteiger partial charge in [-0.2, -0.15) is 0 Å². The van der Waals surface area contributed by atoms with Crippen LogP contribution in [0.15, 0.2) is 77.7 Å². The maximum atomic E-state index is 13.2. The van der Waals surface area contributed by atoms with Gasteiger partial charge in [0.2, 0.25) is 5.91 Å². The number of benzene rings is 3. The van der Waals surface area contributed by atoms with E-state index in [2.05, 4.69) is 5.32 Å². The topological polar surface area (TPSA) is 66.5 Å². The van der Waals surface area contributed by atoms with Crippen molar-refractivity contribution in [3.63, 3.8) is 0 Å². The average molecular weight is 421 g/mol. The van der Waals surface area contributed by atoms with Crippen LogP contribution in [0.3, 0.4) is 0 Å². The van der Waals surface area contributed by atoms with Crippen molar-refractivity contribution < 1.29 is 13.2 Å². The van der Waals surface area contributed by atoms with Gasteiger partial charge in [-0.25, -0.2) is 8.42 Å². The molecule has 0 bridgehead atoms. The average Bonchev–Trinajstić information content (AvgIpc) is 2.75. The standard InChI is InChI=1S/C24H24N2O3S/c1-18-8-10-19(11-9-18)17-24(27)25-21-12-14-22(15-13-21)30(28,29)26-16-4-6-20-5-2-3-7-23(20)26/h2-3,5,7-15H,4,6,16-17H2,1H3,(H,25,27). The number of hydrogen-bond donors (Lipinski definition) is 1. The third-order valence-electron chi connectivity index (χ3n) is 5.28. The van der Waals surface area contributed by atoms with Crippen molar-refractivity contribution in [2.24, 2.45) is 0 Å². The number of sulfonamides is 1. The Kier molecular flexibility index (Phi) is 5.59. The maximum Gasteiger partial charge on any atom is 0.264 e. The number of rotatable bonds is 5. The van der Waals surface area contributed by atoms with E-state index in [0.29, 0.717) is 12.2 Å². The summed E-state index contributed by atoms with van der Waals surface area (Å²) < 4.78 is 27.9. The summed E-state index contributed by atoms with van der Waals surface area (Å²) in [6, 6.07) is 21.8. The zero-order valence-electron chi connectivity index (χ0n) is 16.8. The Balaban J connectivity index is 1.48. The van der Waals surface area contributed by atoms with Gasteiger partial charge in [-0.3, -0.25) is 9.10 Å². The summed E-state index contributed by atoms with van der Waals surface area (Å²) in [5.74, 6) is -0.139. The summed E-state index contributed by atoms with van der Waals surface area (Å²) in [5, 5.41) is 2.83. The molecule has 4 rings (SSSR count). The first-order chi connectivity index (χ1) is 14.4. The molecule has 0 fully saturated rings. The van der Waals surface area contributed by atoms with Gasteiger partial charge in [-0.05, 0) is 61.2 Å². The predicted molar refractivity (Wildman–Crippen MR) is 119 cm³/mol. The van der Waals surface area contributed by atoms with Gasteiger partial charge >= 0.3 is 0 Å². The smallest absolute Gasteiger partial charge is 0.264 e. The number of nitrogens with one attached hydrogen (secondary N) is 1. The molecule has 0 saturated carbocycles. The van der Waals surface area contributed by atoms with Crippen molar-refractivity contribution in [1.82, 2.24) is 0 Å². The SMILES string of the molecule is Cc1ccc(CC(=O)Nc2ccc(S(=O)(=O)N3CCCc4ccccc43)cc2)cc1. The van der Waals surface area contributed by atoms with Crippen LogP contribution in [-0.2, 0) is 27.7 Å². The highest BCUT2D eigenvalue weighted by Gasteiger charge is 2.28. The predicted octanol–water partition coefficient (Wildman–Crippen LogP) is 4.32. The van der Waals surface area contributed by atoms with Crippen LogP contribution in [-0.4, -0.2) is 20.9 Å². The van der Waals surface area contributed by atoms with Crippen molar-refractivity contribution in [3.05, 3.63) is 89.5 Å². The van der Waals surface area contributed by atoms with E-state index in [1.165, 1.54) is 4.31 Å². The van der Waals surface area contributed by atoms with E-state index in [1.54, 1.807) is 24.3 Å². The number of hydrogen-bond acceptors (Lipinski definition) is 3. The molecule has 1 aliphatic rings. The largest absolute Gasteiger partial charge is 0.326 e. The van der Waals surface area contributed by atoms with E-state index >= 15 is 0 Å². The molecule has 0 saturated heterocycles. The summed E-state index contributed by atoms with van der Waals surface area (Å²) in [6.45, 7) is 2.47. The Morgan fingerprint density at radius 2 is 1.67 bits per heavy atom. The van der Waals surface area contributed by atoms with E-state index in [0.717, 1.165) is 35.2 Å². The quantitative estimate of drug-likeness (QED) is 0.669. The molecular weight excluding hydrogens is 396 g/mol. The van der Waals surface area contributed by atoms with Crippen molar-refractivity contribution >= 4 is 27.3 Å². The van der Waals surface area contributed by atoms with E-state index in [9.17, 15) is 13.2 Å². The molecule has 0 unspecified atom stereocenters. The van der Waals surface area contributed by atoms with Gasteiger partial charge in [0.25, 0.3) is 10.0 Å². The fraction of sp³-hybridized carbons (Fsp3) is 0.208. The van der Waals surface area contributed by atoms with E-state index in [4.69, 9.17) is 0 Å². The minimum atomic E-state index is -3.65. The number of carbonyl (C=O) groups excluding carboxylic acids is 1.